The van der Waals surface area contributed by atoms with Crippen LogP contribution < -0.4 is 10.9 Å². The summed E-state index contributed by atoms with van der Waals surface area (Å²) >= 11 is 0. The Hall–Kier alpha value is -5.24. The predicted molar refractivity (Wildman–Crippen MR) is 164 cm³/mol. The van der Waals surface area contributed by atoms with Crippen molar-refractivity contribution < 1.29 is 19.8 Å². The summed E-state index contributed by atoms with van der Waals surface area (Å²) in [7, 11) is 0. The van der Waals surface area contributed by atoms with Crippen LogP contribution in [0, 0.1) is 20.8 Å². The Morgan fingerprint density at radius 3 is 1.64 bits per heavy atom. The van der Waals surface area contributed by atoms with E-state index in [1.165, 1.54) is 0 Å². The number of carbonyl (C=O) groups is 2. The topological polar surface area (TPSA) is 119 Å². The molecule has 2 heterocycles. The molecule has 0 fully saturated rings. The molecule has 4 aromatic carbocycles. The maximum absolute atomic E-state index is 13.5. The molecule has 6 aromatic rings. The molecule has 42 heavy (non-hydrogen) atoms. The minimum Gasteiger partial charge on any atom is -0.480 e. The van der Waals surface area contributed by atoms with Crippen LogP contribution in [0.15, 0.2) is 76.3 Å². The molecule has 0 spiro atoms. The number of aryl methyl sites for hydroxylation is 3. The van der Waals surface area contributed by atoms with Gasteiger partial charge in [-0.1, -0.05) is 24.3 Å². The maximum atomic E-state index is 13.5. The van der Waals surface area contributed by atoms with Gasteiger partial charge in [-0.2, -0.15) is 0 Å². The van der Waals surface area contributed by atoms with Gasteiger partial charge in [0, 0.05) is 21.5 Å². The van der Waals surface area contributed by atoms with Crippen LogP contribution in [0.3, 0.4) is 0 Å². The standard InChI is InChI=1S/C34H28N2O6/c1-18-4-7-23-26(10-18)35(16-30(37)38)28-14-21(6-9-24(28)33(23)41)13-22-12-20(3)32-29(15-22)36(17-31(39)40)27-11-19(2)5-8-25(27)34(32)42/h4-12,14-15H,13,16-17H2,1-3H3,(H,37,38)(H,39,40). The van der Waals surface area contributed by atoms with E-state index in [4.69, 9.17) is 0 Å². The number of pyridine rings is 2. The molecule has 0 radical (unpaired) electrons. The number of carboxylic acid groups (broad SMARTS) is 2. The quantitative estimate of drug-likeness (QED) is 0.267. The zero-order valence-corrected chi connectivity index (χ0v) is 23.4. The van der Waals surface area contributed by atoms with Crippen LogP contribution in [-0.2, 0) is 29.1 Å². The Morgan fingerprint density at radius 1 is 0.595 bits per heavy atom. The highest BCUT2D eigenvalue weighted by atomic mass is 16.4. The van der Waals surface area contributed by atoms with Gasteiger partial charge in [0.05, 0.1) is 22.1 Å². The predicted octanol–water partition coefficient (Wildman–Crippen LogP) is 5.31. The molecule has 8 heteroatoms. The fourth-order valence-corrected chi connectivity index (χ4v) is 6.05. The number of rotatable bonds is 6. The van der Waals surface area contributed by atoms with Crippen LogP contribution in [0.25, 0.3) is 43.6 Å². The van der Waals surface area contributed by atoms with E-state index < -0.39 is 11.9 Å². The second-order valence-electron chi connectivity index (χ2n) is 11.0. The van der Waals surface area contributed by atoms with Gasteiger partial charge in [0.1, 0.15) is 13.1 Å². The molecule has 8 nitrogen and oxygen atoms in total. The van der Waals surface area contributed by atoms with E-state index in [0.717, 1.165) is 27.8 Å². The molecule has 2 N–H and O–H groups in total. The molecule has 0 aliphatic heterocycles. The molecular weight excluding hydrogens is 532 g/mol. The Balaban J connectivity index is 1.57. The van der Waals surface area contributed by atoms with Crippen molar-refractivity contribution in [1.29, 1.82) is 0 Å². The number of aliphatic carboxylic acids is 2. The molecule has 0 saturated carbocycles. The Labute approximate surface area is 239 Å². The third kappa shape index (κ3) is 4.51. The van der Waals surface area contributed by atoms with E-state index in [-0.39, 0.29) is 23.9 Å². The van der Waals surface area contributed by atoms with Crippen molar-refractivity contribution in [3.05, 3.63) is 115 Å². The number of aromatic nitrogens is 2. The lowest BCUT2D eigenvalue weighted by molar-refractivity contribution is -0.138. The van der Waals surface area contributed by atoms with Crippen molar-refractivity contribution in [3.63, 3.8) is 0 Å². The first-order chi connectivity index (χ1) is 20.0. The van der Waals surface area contributed by atoms with E-state index in [1.807, 2.05) is 69.3 Å². The van der Waals surface area contributed by atoms with Gasteiger partial charge in [-0.3, -0.25) is 19.2 Å². The normalized spacial score (nSPS) is 11.6. The highest BCUT2D eigenvalue weighted by Crippen LogP contribution is 2.27. The zero-order chi connectivity index (χ0) is 29.9. The molecule has 0 aliphatic rings. The fourth-order valence-electron chi connectivity index (χ4n) is 6.05. The van der Waals surface area contributed by atoms with Crippen molar-refractivity contribution in [2.75, 3.05) is 0 Å². The highest BCUT2D eigenvalue weighted by molar-refractivity contribution is 5.97. The molecule has 0 unspecified atom stereocenters. The van der Waals surface area contributed by atoms with Crippen molar-refractivity contribution >= 4 is 55.6 Å². The van der Waals surface area contributed by atoms with Crippen molar-refractivity contribution in [2.45, 2.75) is 40.3 Å². The zero-order valence-electron chi connectivity index (χ0n) is 23.4. The van der Waals surface area contributed by atoms with Gasteiger partial charge >= 0.3 is 11.9 Å². The number of hydrogen-bond acceptors (Lipinski definition) is 4. The van der Waals surface area contributed by atoms with Crippen molar-refractivity contribution in [3.8, 4) is 0 Å². The molecule has 210 valence electrons. The molecule has 0 amide bonds. The molecule has 2 aromatic heterocycles. The van der Waals surface area contributed by atoms with E-state index in [9.17, 15) is 29.4 Å². The molecular formula is C34H28N2O6. The van der Waals surface area contributed by atoms with Crippen LogP contribution >= 0.6 is 0 Å². The largest absolute Gasteiger partial charge is 0.480 e. The second-order valence-corrected chi connectivity index (χ2v) is 11.0. The Kier molecular flexibility index (Phi) is 6.41. The van der Waals surface area contributed by atoms with Crippen LogP contribution in [-0.4, -0.2) is 31.3 Å². The summed E-state index contributed by atoms with van der Waals surface area (Å²) in [6, 6.07) is 20.0. The summed E-state index contributed by atoms with van der Waals surface area (Å²) in [5, 5.41) is 21.3. The monoisotopic (exact) mass is 560 g/mol. The van der Waals surface area contributed by atoms with Gasteiger partial charge < -0.3 is 19.3 Å². The molecule has 0 bridgehead atoms. The van der Waals surface area contributed by atoms with Crippen LogP contribution in [0.4, 0.5) is 0 Å². The average Bonchev–Trinajstić information content (AvgIpc) is 2.92. The first kappa shape index (κ1) is 27.0. The molecule has 6 rings (SSSR count). The lowest BCUT2D eigenvalue weighted by Crippen LogP contribution is -2.17. The maximum Gasteiger partial charge on any atom is 0.323 e. The Bertz CT molecular complexity index is 2260. The lowest BCUT2D eigenvalue weighted by Gasteiger charge is -2.17. The van der Waals surface area contributed by atoms with Gasteiger partial charge in [-0.15, -0.1) is 0 Å². The van der Waals surface area contributed by atoms with Gasteiger partial charge in [0.15, 0.2) is 10.9 Å². The number of benzene rings is 4. The van der Waals surface area contributed by atoms with E-state index in [2.05, 4.69) is 0 Å². The summed E-state index contributed by atoms with van der Waals surface area (Å²) < 4.78 is 3.34. The van der Waals surface area contributed by atoms with Gasteiger partial charge in [-0.05, 0) is 97.5 Å². The van der Waals surface area contributed by atoms with E-state index in [1.54, 1.807) is 27.3 Å². The molecule has 0 saturated heterocycles. The SMILES string of the molecule is Cc1ccc2c(=O)c3ccc(Cc4cc(C)c5c(=O)c6ccc(C)cc6n(CC(=O)O)c5c4)cc3n(CC(=O)O)c2c1. The van der Waals surface area contributed by atoms with Crippen LogP contribution in [0.2, 0.25) is 0 Å². The van der Waals surface area contributed by atoms with Crippen molar-refractivity contribution in [1.82, 2.24) is 9.13 Å². The Morgan fingerprint density at radius 2 is 1.07 bits per heavy atom. The minimum atomic E-state index is -1.02. The third-order valence-electron chi connectivity index (χ3n) is 7.86. The summed E-state index contributed by atoms with van der Waals surface area (Å²) in [5.41, 5.74) is 6.16. The third-order valence-corrected chi connectivity index (χ3v) is 7.86. The fraction of sp³-hybridized carbons (Fsp3) is 0.176. The number of hydrogen-bond donors (Lipinski definition) is 2. The smallest absolute Gasteiger partial charge is 0.323 e. The number of nitrogens with zero attached hydrogens (tertiary/aromatic N) is 2. The highest BCUT2D eigenvalue weighted by Gasteiger charge is 2.17. The summed E-state index contributed by atoms with van der Waals surface area (Å²) in [6.07, 6.45) is 0.424. The second kappa shape index (κ2) is 9.99. The average molecular weight is 561 g/mol. The summed E-state index contributed by atoms with van der Waals surface area (Å²) in [5.74, 6) is -2.03. The summed E-state index contributed by atoms with van der Waals surface area (Å²) in [4.78, 5) is 50.6. The van der Waals surface area contributed by atoms with Gasteiger partial charge in [0.2, 0.25) is 0 Å². The first-order valence-corrected chi connectivity index (χ1v) is 13.6. The van der Waals surface area contributed by atoms with E-state index >= 15 is 0 Å². The van der Waals surface area contributed by atoms with E-state index in [0.29, 0.717) is 50.0 Å². The van der Waals surface area contributed by atoms with Crippen LogP contribution in [0.1, 0.15) is 27.8 Å². The van der Waals surface area contributed by atoms with Crippen molar-refractivity contribution in [2.24, 2.45) is 0 Å². The number of fused-ring (bicyclic) bond motifs is 4. The minimum absolute atomic E-state index is 0.142. The first-order valence-electron chi connectivity index (χ1n) is 13.6. The molecule has 0 aliphatic carbocycles. The lowest BCUT2D eigenvalue weighted by atomic mass is 9.97. The van der Waals surface area contributed by atoms with Gasteiger partial charge in [-0.25, -0.2) is 0 Å². The summed E-state index contributed by atoms with van der Waals surface area (Å²) in [6.45, 7) is 5.03. The van der Waals surface area contributed by atoms with Gasteiger partial charge in [0.25, 0.3) is 0 Å². The molecule has 0 atom stereocenters. The van der Waals surface area contributed by atoms with Crippen LogP contribution in [0.5, 0.6) is 0 Å². The number of carboxylic acids is 2.